The van der Waals surface area contributed by atoms with Crippen LogP contribution in [0.15, 0.2) is 60.9 Å². The van der Waals surface area contributed by atoms with Gasteiger partial charge in [0, 0.05) is 45.3 Å². The smallest absolute Gasteiger partial charge is 0.108 e. The van der Waals surface area contributed by atoms with E-state index in [0.29, 0.717) is 0 Å². The van der Waals surface area contributed by atoms with E-state index in [9.17, 15) is 5.11 Å². The van der Waals surface area contributed by atoms with Gasteiger partial charge in [0.2, 0.25) is 0 Å². The Balaban J connectivity index is 1.90. The molecule has 2 aromatic heterocycles. The first-order valence-electron chi connectivity index (χ1n) is 6.64. The molecular weight excluding hydrogens is 248 g/mol. The van der Waals surface area contributed by atoms with Gasteiger partial charge in [0.15, 0.2) is 0 Å². The minimum absolute atomic E-state index is 0.637. The Kier molecular flexibility index (Phi) is 2.41. The Morgan fingerprint density at radius 3 is 1.65 bits per heavy atom. The predicted molar refractivity (Wildman–Crippen MR) is 80.7 cm³/mol. The van der Waals surface area contributed by atoms with Crippen molar-refractivity contribution in [2.45, 2.75) is 6.10 Å². The second-order valence-corrected chi connectivity index (χ2v) is 4.98. The van der Waals surface area contributed by atoms with Gasteiger partial charge in [-0.3, -0.25) is 0 Å². The van der Waals surface area contributed by atoms with Gasteiger partial charge >= 0.3 is 0 Å². The highest BCUT2D eigenvalue weighted by molar-refractivity contribution is 5.87. The van der Waals surface area contributed by atoms with Crippen molar-refractivity contribution >= 4 is 21.8 Å². The Hall–Kier alpha value is -2.52. The molecule has 0 bridgehead atoms. The van der Waals surface area contributed by atoms with Crippen LogP contribution in [0.25, 0.3) is 21.8 Å². The van der Waals surface area contributed by atoms with Crippen LogP contribution >= 0.6 is 0 Å². The SMILES string of the molecule is OC(c1c[nH]c2ccccc12)c1c[nH]c2ccccc12. The third-order valence-corrected chi connectivity index (χ3v) is 3.83. The van der Waals surface area contributed by atoms with E-state index in [1.165, 1.54) is 0 Å². The van der Waals surface area contributed by atoms with Gasteiger partial charge < -0.3 is 15.1 Å². The molecule has 0 saturated carbocycles. The van der Waals surface area contributed by atoms with Crippen LogP contribution in [0.1, 0.15) is 17.2 Å². The van der Waals surface area contributed by atoms with Gasteiger partial charge in [-0.2, -0.15) is 0 Å². The average molecular weight is 262 g/mol. The first-order chi connectivity index (χ1) is 9.84. The van der Waals surface area contributed by atoms with E-state index in [1.807, 2.05) is 60.9 Å². The van der Waals surface area contributed by atoms with Crippen molar-refractivity contribution in [3.05, 3.63) is 72.1 Å². The number of hydrogen-bond acceptors (Lipinski definition) is 1. The number of aromatic nitrogens is 2. The zero-order valence-electron chi connectivity index (χ0n) is 10.8. The number of fused-ring (bicyclic) bond motifs is 2. The lowest BCUT2D eigenvalue weighted by atomic mass is 10.0. The summed E-state index contributed by atoms with van der Waals surface area (Å²) in [5, 5.41) is 12.8. The van der Waals surface area contributed by atoms with Crippen molar-refractivity contribution in [3.8, 4) is 0 Å². The predicted octanol–water partition coefficient (Wildman–Crippen LogP) is 3.73. The summed E-state index contributed by atoms with van der Waals surface area (Å²) < 4.78 is 0. The molecule has 0 saturated heterocycles. The third kappa shape index (κ3) is 1.57. The maximum atomic E-state index is 10.7. The zero-order valence-corrected chi connectivity index (χ0v) is 10.8. The fraction of sp³-hybridized carbons (Fsp3) is 0.0588. The number of benzene rings is 2. The van der Waals surface area contributed by atoms with Crippen LogP contribution in [-0.2, 0) is 0 Å². The molecule has 0 atom stereocenters. The molecule has 0 aliphatic heterocycles. The van der Waals surface area contributed by atoms with Gasteiger partial charge in [0.25, 0.3) is 0 Å². The first kappa shape index (κ1) is 11.3. The Morgan fingerprint density at radius 1 is 0.700 bits per heavy atom. The Bertz CT molecular complexity index is 814. The monoisotopic (exact) mass is 262 g/mol. The number of aliphatic hydroxyl groups excluding tert-OH is 1. The molecular formula is C17H14N2O. The van der Waals surface area contributed by atoms with E-state index in [0.717, 1.165) is 32.9 Å². The van der Waals surface area contributed by atoms with Gasteiger partial charge in [-0.25, -0.2) is 0 Å². The van der Waals surface area contributed by atoms with Crippen molar-refractivity contribution in [2.24, 2.45) is 0 Å². The minimum atomic E-state index is -0.637. The lowest BCUT2D eigenvalue weighted by molar-refractivity contribution is 0.223. The summed E-state index contributed by atoms with van der Waals surface area (Å²) in [4.78, 5) is 6.42. The van der Waals surface area contributed by atoms with Crippen LogP contribution in [-0.4, -0.2) is 15.1 Å². The molecule has 0 aliphatic rings. The number of hydrogen-bond donors (Lipinski definition) is 3. The molecule has 0 aliphatic carbocycles. The van der Waals surface area contributed by atoms with Crippen molar-refractivity contribution in [2.75, 3.05) is 0 Å². The van der Waals surface area contributed by atoms with Crippen LogP contribution in [0.3, 0.4) is 0 Å². The first-order valence-corrected chi connectivity index (χ1v) is 6.64. The zero-order chi connectivity index (χ0) is 13.5. The van der Waals surface area contributed by atoms with Gasteiger partial charge in [-0.05, 0) is 12.1 Å². The third-order valence-electron chi connectivity index (χ3n) is 3.83. The second-order valence-electron chi connectivity index (χ2n) is 4.98. The quantitative estimate of drug-likeness (QED) is 0.506. The summed E-state index contributed by atoms with van der Waals surface area (Å²) in [5.41, 5.74) is 3.90. The fourth-order valence-corrected chi connectivity index (χ4v) is 2.81. The molecule has 4 aromatic rings. The molecule has 2 aromatic carbocycles. The summed E-state index contributed by atoms with van der Waals surface area (Å²) in [6.45, 7) is 0. The number of aliphatic hydroxyl groups is 1. The van der Waals surface area contributed by atoms with E-state index in [4.69, 9.17) is 0 Å². The molecule has 4 rings (SSSR count). The highest BCUT2D eigenvalue weighted by Crippen LogP contribution is 2.32. The fourth-order valence-electron chi connectivity index (χ4n) is 2.81. The number of H-pyrrole nitrogens is 2. The highest BCUT2D eigenvalue weighted by Gasteiger charge is 2.18. The highest BCUT2D eigenvalue weighted by atomic mass is 16.3. The lowest BCUT2D eigenvalue weighted by Gasteiger charge is -2.08. The molecule has 3 nitrogen and oxygen atoms in total. The summed E-state index contributed by atoms with van der Waals surface area (Å²) >= 11 is 0. The molecule has 0 amide bonds. The molecule has 20 heavy (non-hydrogen) atoms. The van der Waals surface area contributed by atoms with Crippen LogP contribution in [0.4, 0.5) is 0 Å². The Labute approximate surface area is 115 Å². The van der Waals surface area contributed by atoms with Crippen molar-refractivity contribution in [1.82, 2.24) is 9.97 Å². The van der Waals surface area contributed by atoms with Gasteiger partial charge in [-0.15, -0.1) is 0 Å². The minimum Gasteiger partial charge on any atom is -0.383 e. The van der Waals surface area contributed by atoms with E-state index < -0.39 is 6.10 Å². The molecule has 98 valence electrons. The number of rotatable bonds is 2. The van der Waals surface area contributed by atoms with Crippen LogP contribution < -0.4 is 0 Å². The molecule has 0 unspecified atom stereocenters. The van der Waals surface area contributed by atoms with E-state index in [-0.39, 0.29) is 0 Å². The summed E-state index contributed by atoms with van der Waals surface area (Å²) in [6.07, 6.45) is 3.14. The number of aromatic amines is 2. The lowest BCUT2D eigenvalue weighted by Crippen LogP contribution is -1.97. The largest absolute Gasteiger partial charge is 0.383 e. The van der Waals surface area contributed by atoms with E-state index in [2.05, 4.69) is 9.97 Å². The maximum Gasteiger partial charge on any atom is 0.108 e. The van der Waals surface area contributed by atoms with Gasteiger partial charge in [0.1, 0.15) is 6.10 Å². The molecule has 2 heterocycles. The Morgan fingerprint density at radius 2 is 1.15 bits per heavy atom. The number of nitrogens with one attached hydrogen (secondary N) is 2. The van der Waals surface area contributed by atoms with E-state index in [1.54, 1.807) is 0 Å². The number of para-hydroxylation sites is 2. The van der Waals surface area contributed by atoms with Crippen LogP contribution in [0.5, 0.6) is 0 Å². The van der Waals surface area contributed by atoms with Crippen molar-refractivity contribution < 1.29 is 5.11 Å². The normalized spacial score (nSPS) is 11.7. The maximum absolute atomic E-state index is 10.7. The second kappa shape index (κ2) is 4.25. The molecule has 0 fully saturated rings. The molecule has 0 radical (unpaired) electrons. The van der Waals surface area contributed by atoms with Gasteiger partial charge in [0.05, 0.1) is 0 Å². The summed E-state index contributed by atoms with van der Waals surface area (Å²) in [7, 11) is 0. The van der Waals surface area contributed by atoms with Gasteiger partial charge in [-0.1, -0.05) is 36.4 Å². The topological polar surface area (TPSA) is 51.8 Å². The average Bonchev–Trinajstić information content (AvgIpc) is 3.11. The summed E-state index contributed by atoms with van der Waals surface area (Å²) in [5.74, 6) is 0. The molecule has 0 spiro atoms. The summed E-state index contributed by atoms with van der Waals surface area (Å²) in [6, 6.07) is 16.0. The molecule has 3 N–H and O–H groups in total. The van der Waals surface area contributed by atoms with Crippen LogP contribution in [0, 0.1) is 0 Å². The standard InChI is InChI=1S/C17H14N2O/c20-17(13-9-18-15-7-3-1-5-11(13)15)14-10-19-16-8-4-2-6-12(14)16/h1-10,17-20H. The van der Waals surface area contributed by atoms with Crippen LogP contribution in [0.2, 0.25) is 0 Å². The van der Waals surface area contributed by atoms with Crippen molar-refractivity contribution in [1.29, 1.82) is 0 Å². The van der Waals surface area contributed by atoms with E-state index >= 15 is 0 Å². The van der Waals surface area contributed by atoms with Crippen molar-refractivity contribution in [3.63, 3.8) is 0 Å². The molecule has 3 heteroatoms.